The standard InChI is InChI=1S/C18H14FNO/c19-16-9-13(4-3-7-21)8-15(10-16)18-12-20-11-14-5-1-2-6-17(14)18/h1-2,5-12H,3-4H2. The number of fused-ring (bicyclic) bond motifs is 1. The highest BCUT2D eigenvalue weighted by atomic mass is 19.1. The van der Waals surface area contributed by atoms with Crippen LogP contribution in [0.4, 0.5) is 4.39 Å². The van der Waals surface area contributed by atoms with Crippen LogP contribution in [-0.2, 0) is 11.2 Å². The number of benzene rings is 2. The predicted octanol–water partition coefficient (Wildman–Crippen LogP) is 4.17. The highest BCUT2D eigenvalue weighted by Gasteiger charge is 2.07. The summed E-state index contributed by atoms with van der Waals surface area (Å²) in [5, 5.41) is 2.06. The van der Waals surface area contributed by atoms with Crippen molar-refractivity contribution in [3.63, 3.8) is 0 Å². The van der Waals surface area contributed by atoms with Crippen LogP contribution in [0.25, 0.3) is 21.9 Å². The van der Waals surface area contributed by atoms with Gasteiger partial charge in [-0.2, -0.15) is 0 Å². The normalized spacial score (nSPS) is 10.7. The average Bonchev–Trinajstić information content (AvgIpc) is 2.52. The monoisotopic (exact) mass is 279 g/mol. The summed E-state index contributed by atoms with van der Waals surface area (Å²) in [7, 11) is 0. The van der Waals surface area contributed by atoms with E-state index in [0.29, 0.717) is 12.8 Å². The van der Waals surface area contributed by atoms with Gasteiger partial charge in [-0.3, -0.25) is 4.98 Å². The van der Waals surface area contributed by atoms with Crippen molar-refractivity contribution in [1.82, 2.24) is 4.98 Å². The molecule has 2 aromatic carbocycles. The SMILES string of the molecule is O=CCCc1cc(F)cc(-c2cncc3ccccc23)c1. The predicted molar refractivity (Wildman–Crippen MR) is 81.5 cm³/mol. The Hall–Kier alpha value is -2.55. The molecule has 0 atom stereocenters. The van der Waals surface area contributed by atoms with Gasteiger partial charge in [-0.1, -0.05) is 30.3 Å². The molecule has 0 saturated heterocycles. The van der Waals surface area contributed by atoms with E-state index >= 15 is 0 Å². The van der Waals surface area contributed by atoms with Crippen LogP contribution in [-0.4, -0.2) is 11.3 Å². The first-order chi connectivity index (χ1) is 10.3. The van der Waals surface area contributed by atoms with Crippen LogP contribution in [0.15, 0.2) is 54.9 Å². The summed E-state index contributed by atoms with van der Waals surface area (Å²) in [4.78, 5) is 14.7. The number of carbonyl (C=O) groups excluding carboxylic acids is 1. The Kier molecular flexibility index (Phi) is 3.73. The summed E-state index contributed by atoms with van der Waals surface area (Å²) < 4.78 is 13.8. The second-order valence-corrected chi connectivity index (χ2v) is 4.96. The third-order valence-corrected chi connectivity index (χ3v) is 3.49. The van der Waals surface area contributed by atoms with Gasteiger partial charge >= 0.3 is 0 Å². The highest BCUT2D eigenvalue weighted by molar-refractivity contribution is 5.95. The molecular formula is C18H14FNO. The van der Waals surface area contributed by atoms with Crippen molar-refractivity contribution in [3.8, 4) is 11.1 Å². The van der Waals surface area contributed by atoms with E-state index in [-0.39, 0.29) is 5.82 Å². The number of nitrogens with zero attached hydrogens (tertiary/aromatic N) is 1. The van der Waals surface area contributed by atoms with E-state index in [1.54, 1.807) is 12.4 Å². The van der Waals surface area contributed by atoms with Crippen LogP contribution in [0.1, 0.15) is 12.0 Å². The zero-order chi connectivity index (χ0) is 14.7. The topological polar surface area (TPSA) is 30.0 Å². The summed E-state index contributed by atoms with van der Waals surface area (Å²) in [6.07, 6.45) is 5.35. The van der Waals surface area contributed by atoms with E-state index in [4.69, 9.17) is 0 Å². The number of pyridine rings is 1. The maximum Gasteiger partial charge on any atom is 0.124 e. The summed E-state index contributed by atoms with van der Waals surface area (Å²) in [5.41, 5.74) is 2.52. The van der Waals surface area contributed by atoms with Gasteiger partial charge in [-0.15, -0.1) is 0 Å². The molecule has 1 heterocycles. The molecule has 3 heteroatoms. The fourth-order valence-corrected chi connectivity index (χ4v) is 2.52. The molecule has 0 spiro atoms. The minimum atomic E-state index is -0.290. The lowest BCUT2D eigenvalue weighted by atomic mass is 9.98. The molecule has 0 N–H and O–H groups in total. The lowest BCUT2D eigenvalue weighted by Crippen LogP contribution is -1.91. The van der Waals surface area contributed by atoms with Gasteiger partial charge in [-0.25, -0.2) is 4.39 Å². The van der Waals surface area contributed by atoms with Gasteiger partial charge in [0, 0.05) is 29.8 Å². The van der Waals surface area contributed by atoms with Crippen molar-refractivity contribution >= 4 is 17.1 Å². The number of aryl methyl sites for hydroxylation is 1. The molecule has 3 aromatic rings. The van der Waals surface area contributed by atoms with Crippen molar-refractivity contribution in [2.24, 2.45) is 0 Å². The summed E-state index contributed by atoms with van der Waals surface area (Å²) >= 11 is 0. The molecule has 0 aliphatic rings. The van der Waals surface area contributed by atoms with Crippen LogP contribution in [0.5, 0.6) is 0 Å². The van der Waals surface area contributed by atoms with E-state index in [1.165, 1.54) is 12.1 Å². The third kappa shape index (κ3) is 2.82. The van der Waals surface area contributed by atoms with Crippen molar-refractivity contribution in [1.29, 1.82) is 0 Å². The number of carbonyl (C=O) groups is 1. The van der Waals surface area contributed by atoms with Gasteiger partial charge in [0.2, 0.25) is 0 Å². The molecule has 104 valence electrons. The zero-order valence-corrected chi connectivity index (χ0v) is 11.4. The van der Waals surface area contributed by atoms with Crippen molar-refractivity contribution in [2.45, 2.75) is 12.8 Å². The quantitative estimate of drug-likeness (QED) is 0.671. The van der Waals surface area contributed by atoms with Crippen molar-refractivity contribution in [3.05, 3.63) is 66.2 Å². The van der Waals surface area contributed by atoms with E-state index in [0.717, 1.165) is 33.7 Å². The van der Waals surface area contributed by atoms with Crippen LogP contribution < -0.4 is 0 Å². The summed E-state index contributed by atoms with van der Waals surface area (Å²) in [6, 6.07) is 12.8. The van der Waals surface area contributed by atoms with Crippen molar-refractivity contribution in [2.75, 3.05) is 0 Å². The molecule has 0 radical (unpaired) electrons. The Morgan fingerprint density at radius 2 is 1.95 bits per heavy atom. The first-order valence-corrected chi connectivity index (χ1v) is 6.84. The lowest BCUT2D eigenvalue weighted by Gasteiger charge is -2.08. The second-order valence-electron chi connectivity index (χ2n) is 4.96. The number of aromatic nitrogens is 1. The van der Waals surface area contributed by atoms with Crippen LogP contribution >= 0.6 is 0 Å². The van der Waals surface area contributed by atoms with Gasteiger partial charge in [0.15, 0.2) is 0 Å². The number of halogens is 1. The van der Waals surface area contributed by atoms with Gasteiger partial charge in [0.1, 0.15) is 12.1 Å². The summed E-state index contributed by atoms with van der Waals surface area (Å²) in [6.45, 7) is 0. The molecule has 21 heavy (non-hydrogen) atoms. The second kappa shape index (κ2) is 5.83. The summed E-state index contributed by atoms with van der Waals surface area (Å²) in [5.74, 6) is -0.290. The van der Waals surface area contributed by atoms with Crippen LogP contribution in [0.2, 0.25) is 0 Å². The molecule has 0 fully saturated rings. The van der Waals surface area contributed by atoms with Gasteiger partial charge in [-0.05, 0) is 35.1 Å². The Labute approximate surface area is 122 Å². The van der Waals surface area contributed by atoms with E-state index < -0.39 is 0 Å². The molecule has 1 aromatic heterocycles. The number of hydrogen-bond donors (Lipinski definition) is 0. The number of rotatable bonds is 4. The largest absolute Gasteiger partial charge is 0.303 e. The van der Waals surface area contributed by atoms with E-state index in [2.05, 4.69) is 4.98 Å². The number of hydrogen-bond acceptors (Lipinski definition) is 2. The zero-order valence-electron chi connectivity index (χ0n) is 11.4. The molecular weight excluding hydrogens is 265 g/mol. The minimum absolute atomic E-state index is 0.290. The average molecular weight is 279 g/mol. The molecule has 0 saturated carbocycles. The maximum absolute atomic E-state index is 13.8. The number of aldehydes is 1. The molecule has 3 rings (SSSR count). The molecule has 0 bridgehead atoms. The maximum atomic E-state index is 13.8. The van der Waals surface area contributed by atoms with Crippen LogP contribution in [0.3, 0.4) is 0 Å². The Bertz CT molecular complexity index is 793. The first-order valence-electron chi connectivity index (χ1n) is 6.84. The molecule has 2 nitrogen and oxygen atoms in total. The minimum Gasteiger partial charge on any atom is -0.303 e. The Balaban J connectivity index is 2.14. The third-order valence-electron chi connectivity index (χ3n) is 3.49. The van der Waals surface area contributed by atoms with E-state index in [9.17, 15) is 9.18 Å². The molecule has 0 aliphatic heterocycles. The Morgan fingerprint density at radius 1 is 1.10 bits per heavy atom. The smallest absolute Gasteiger partial charge is 0.124 e. The molecule has 0 unspecified atom stereocenters. The van der Waals surface area contributed by atoms with Gasteiger partial charge in [0.25, 0.3) is 0 Å². The van der Waals surface area contributed by atoms with Gasteiger partial charge in [0.05, 0.1) is 0 Å². The van der Waals surface area contributed by atoms with Crippen LogP contribution in [0, 0.1) is 5.82 Å². The molecule has 0 amide bonds. The fourth-order valence-electron chi connectivity index (χ4n) is 2.52. The molecule has 0 aliphatic carbocycles. The fraction of sp³-hybridized carbons (Fsp3) is 0.111. The van der Waals surface area contributed by atoms with Crippen molar-refractivity contribution < 1.29 is 9.18 Å². The van der Waals surface area contributed by atoms with E-state index in [1.807, 2.05) is 30.3 Å². The Morgan fingerprint density at radius 3 is 2.81 bits per heavy atom. The lowest BCUT2D eigenvalue weighted by molar-refractivity contribution is -0.107. The first kappa shape index (κ1) is 13.4. The van der Waals surface area contributed by atoms with Gasteiger partial charge < -0.3 is 4.79 Å². The highest BCUT2D eigenvalue weighted by Crippen LogP contribution is 2.29.